The normalized spacial score (nSPS) is 10.9. The molecule has 0 aliphatic heterocycles. The Morgan fingerprint density at radius 2 is 0.935 bits per heavy atom. The molecule has 156 valence electrons. The molecule has 1 heterocycles. The van der Waals surface area contributed by atoms with Crippen molar-refractivity contribution < 1.29 is 20.4 Å². The topological polar surface area (TPSA) is 120 Å². The van der Waals surface area contributed by atoms with Crippen LogP contribution in [0.4, 0.5) is 0 Å². The summed E-state index contributed by atoms with van der Waals surface area (Å²) in [5.41, 5.74) is 3.07. The van der Waals surface area contributed by atoms with E-state index in [0.717, 1.165) is 11.1 Å². The highest BCUT2D eigenvalue weighted by molar-refractivity contribution is 5.74. The second kappa shape index (κ2) is 7.60. The van der Waals surface area contributed by atoms with Gasteiger partial charge in [0.25, 0.3) is 0 Å². The molecule has 0 radical (unpaired) electrons. The number of aromatic nitrogens is 3. The van der Waals surface area contributed by atoms with Crippen molar-refractivity contribution in [3.63, 3.8) is 0 Å². The Kier molecular flexibility index (Phi) is 4.94. The summed E-state index contributed by atoms with van der Waals surface area (Å²) in [5.74, 6) is 0.367. The molecule has 0 saturated heterocycles. The summed E-state index contributed by atoms with van der Waals surface area (Å²) in [6.07, 6.45) is 0. The van der Waals surface area contributed by atoms with E-state index in [-0.39, 0.29) is 34.6 Å². The average molecular weight is 415 g/mol. The SMILES string of the molecule is Cc1ccc(-c2nc(-c3ccc(O)c(C)c3O)nc(-c3ccc(O)c(C)c3O)n2)cc1. The van der Waals surface area contributed by atoms with Gasteiger partial charge in [-0.15, -0.1) is 0 Å². The van der Waals surface area contributed by atoms with Crippen molar-refractivity contribution >= 4 is 0 Å². The minimum absolute atomic E-state index is 0.0407. The van der Waals surface area contributed by atoms with Gasteiger partial charge in [-0.2, -0.15) is 0 Å². The van der Waals surface area contributed by atoms with Crippen LogP contribution in [-0.4, -0.2) is 35.4 Å². The first-order valence-corrected chi connectivity index (χ1v) is 9.63. The van der Waals surface area contributed by atoms with Crippen LogP contribution in [0.5, 0.6) is 23.0 Å². The maximum absolute atomic E-state index is 10.6. The predicted octanol–water partition coefficient (Wildman–Crippen LogP) is 4.62. The highest BCUT2D eigenvalue weighted by Gasteiger charge is 2.19. The molecular weight excluding hydrogens is 394 g/mol. The lowest BCUT2D eigenvalue weighted by atomic mass is 10.1. The zero-order valence-electron chi connectivity index (χ0n) is 17.2. The Morgan fingerprint density at radius 3 is 1.39 bits per heavy atom. The molecule has 0 spiro atoms. The molecule has 4 aromatic rings. The molecule has 0 aliphatic carbocycles. The molecule has 1 aromatic heterocycles. The third kappa shape index (κ3) is 3.61. The number of hydrogen-bond acceptors (Lipinski definition) is 7. The van der Waals surface area contributed by atoms with E-state index >= 15 is 0 Å². The number of nitrogens with zero attached hydrogens (tertiary/aromatic N) is 3. The molecule has 0 atom stereocenters. The number of aryl methyl sites for hydroxylation is 1. The lowest BCUT2D eigenvalue weighted by Crippen LogP contribution is -2.01. The summed E-state index contributed by atoms with van der Waals surface area (Å²) >= 11 is 0. The van der Waals surface area contributed by atoms with Gasteiger partial charge in [0, 0.05) is 16.7 Å². The van der Waals surface area contributed by atoms with Gasteiger partial charge in [-0.1, -0.05) is 29.8 Å². The van der Waals surface area contributed by atoms with Crippen molar-refractivity contribution in [3.8, 4) is 57.2 Å². The molecule has 3 aromatic carbocycles. The summed E-state index contributed by atoms with van der Waals surface area (Å²) in [4.78, 5) is 13.5. The second-order valence-electron chi connectivity index (χ2n) is 7.38. The van der Waals surface area contributed by atoms with Gasteiger partial charge in [0.1, 0.15) is 23.0 Å². The number of hydrogen-bond donors (Lipinski definition) is 4. The fraction of sp³-hybridized carbons (Fsp3) is 0.125. The van der Waals surface area contributed by atoms with Gasteiger partial charge < -0.3 is 20.4 Å². The zero-order valence-corrected chi connectivity index (χ0v) is 17.2. The molecule has 0 saturated carbocycles. The summed E-state index contributed by atoms with van der Waals surface area (Å²) in [5, 5.41) is 40.9. The second-order valence-corrected chi connectivity index (χ2v) is 7.38. The first-order valence-electron chi connectivity index (χ1n) is 9.63. The van der Waals surface area contributed by atoms with E-state index in [1.165, 1.54) is 24.3 Å². The Hall–Kier alpha value is -4.13. The Labute approximate surface area is 179 Å². The van der Waals surface area contributed by atoms with Crippen LogP contribution in [0.2, 0.25) is 0 Å². The molecule has 4 N–H and O–H groups in total. The van der Waals surface area contributed by atoms with Crippen LogP contribution in [-0.2, 0) is 0 Å². The molecule has 0 amide bonds. The average Bonchev–Trinajstić information content (AvgIpc) is 2.76. The third-order valence-electron chi connectivity index (χ3n) is 5.23. The first-order chi connectivity index (χ1) is 14.8. The lowest BCUT2D eigenvalue weighted by Gasteiger charge is -2.12. The van der Waals surface area contributed by atoms with Gasteiger partial charge in [0.2, 0.25) is 0 Å². The van der Waals surface area contributed by atoms with Crippen LogP contribution in [0.25, 0.3) is 34.2 Å². The zero-order chi connectivity index (χ0) is 22.3. The van der Waals surface area contributed by atoms with E-state index in [1.54, 1.807) is 13.8 Å². The minimum atomic E-state index is -0.141. The van der Waals surface area contributed by atoms with Crippen molar-refractivity contribution in [3.05, 3.63) is 65.2 Å². The highest BCUT2D eigenvalue weighted by Crippen LogP contribution is 2.38. The van der Waals surface area contributed by atoms with E-state index in [2.05, 4.69) is 15.0 Å². The maximum Gasteiger partial charge on any atom is 0.167 e. The maximum atomic E-state index is 10.6. The molecule has 0 bridgehead atoms. The van der Waals surface area contributed by atoms with Gasteiger partial charge in [-0.25, -0.2) is 15.0 Å². The van der Waals surface area contributed by atoms with Crippen molar-refractivity contribution in [2.24, 2.45) is 0 Å². The molecule has 31 heavy (non-hydrogen) atoms. The van der Waals surface area contributed by atoms with Gasteiger partial charge in [0.05, 0.1) is 11.1 Å². The van der Waals surface area contributed by atoms with Crippen LogP contribution in [0, 0.1) is 20.8 Å². The van der Waals surface area contributed by atoms with Gasteiger partial charge >= 0.3 is 0 Å². The van der Waals surface area contributed by atoms with Gasteiger partial charge in [0.15, 0.2) is 17.5 Å². The van der Waals surface area contributed by atoms with E-state index in [1.807, 2.05) is 31.2 Å². The summed E-state index contributed by atoms with van der Waals surface area (Å²) in [6, 6.07) is 13.6. The number of aromatic hydroxyl groups is 4. The highest BCUT2D eigenvalue weighted by atomic mass is 16.3. The van der Waals surface area contributed by atoms with E-state index in [9.17, 15) is 20.4 Å². The quantitative estimate of drug-likeness (QED) is 0.385. The van der Waals surface area contributed by atoms with Crippen LogP contribution in [0.3, 0.4) is 0 Å². The van der Waals surface area contributed by atoms with Gasteiger partial charge in [-0.05, 0) is 45.0 Å². The monoisotopic (exact) mass is 415 g/mol. The number of rotatable bonds is 3. The molecule has 0 fully saturated rings. The predicted molar refractivity (Wildman–Crippen MR) is 117 cm³/mol. The summed E-state index contributed by atoms with van der Waals surface area (Å²) in [6.45, 7) is 5.15. The van der Waals surface area contributed by atoms with Crippen LogP contribution in [0.15, 0.2) is 48.5 Å². The minimum Gasteiger partial charge on any atom is -0.508 e. The molecule has 4 rings (SSSR count). The fourth-order valence-corrected chi connectivity index (χ4v) is 3.19. The Balaban J connectivity index is 1.99. The first kappa shape index (κ1) is 20.2. The Morgan fingerprint density at radius 1 is 0.516 bits per heavy atom. The lowest BCUT2D eigenvalue weighted by molar-refractivity contribution is 0.443. The van der Waals surface area contributed by atoms with Crippen molar-refractivity contribution in [2.75, 3.05) is 0 Å². The van der Waals surface area contributed by atoms with Crippen LogP contribution < -0.4 is 0 Å². The van der Waals surface area contributed by atoms with E-state index in [4.69, 9.17) is 0 Å². The fourth-order valence-electron chi connectivity index (χ4n) is 3.19. The number of benzene rings is 3. The number of phenolic OH excluding ortho intramolecular Hbond substituents is 4. The summed E-state index contributed by atoms with van der Waals surface area (Å²) < 4.78 is 0. The summed E-state index contributed by atoms with van der Waals surface area (Å²) in [7, 11) is 0. The molecule has 7 heteroatoms. The van der Waals surface area contributed by atoms with Crippen LogP contribution in [0.1, 0.15) is 16.7 Å². The van der Waals surface area contributed by atoms with Crippen LogP contribution >= 0.6 is 0 Å². The molecule has 7 nitrogen and oxygen atoms in total. The van der Waals surface area contributed by atoms with Crippen molar-refractivity contribution in [1.29, 1.82) is 0 Å². The molecule has 0 aliphatic rings. The van der Waals surface area contributed by atoms with Crippen molar-refractivity contribution in [1.82, 2.24) is 15.0 Å². The molecule has 0 unspecified atom stereocenters. The standard InChI is InChI=1S/C24H21N3O4/c1-12-4-6-15(7-5-12)22-25-23(16-8-10-18(28)13(2)20(16)30)27-24(26-22)17-9-11-19(29)14(3)21(17)31/h4-11,28-31H,1-3H3. The largest absolute Gasteiger partial charge is 0.508 e. The van der Waals surface area contributed by atoms with E-state index < -0.39 is 0 Å². The number of phenols is 4. The molecular formula is C24H21N3O4. The smallest absolute Gasteiger partial charge is 0.167 e. The van der Waals surface area contributed by atoms with Crippen molar-refractivity contribution in [2.45, 2.75) is 20.8 Å². The third-order valence-corrected chi connectivity index (χ3v) is 5.23. The van der Waals surface area contributed by atoms with E-state index in [0.29, 0.717) is 28.1 Å². The Bertz CT molecular complexity index is 1230. The van der Waals surface area contributed by atoms with Gasteiger partial charge in [-0.3, -0.25) is 0 Å².